The lowest BCUT2D eigenvalue weighted by Crippen LogP contribution is -2.10. The number of carbonyl (C=O) groups is 1. The predicted octanol–water partition coefficient (Wildman–Crippen LogP) is 4.02. The molecule has 1 aromatic carbocycles. The molecule has 7 heteroatoms. The molecule has 140 valence electrons. The molecular weight excluding hydrogens is 368 g/mol. The van der Waals surface area contributed by atoms with Gasteiger partial charge >= 0.3 is 5.97 Å². The predicted molar refractivity (Wildman–Crippen MR) is 103 cm³/mol. The molecule has 0 unspecified atom stereocenters. The average Bonchev–Trinajstić information content (AvgIpc) is 3.00. The molecule has 0 aliphatic rings. The van der Waals surface area contributed by atoms with Crippen LogP contribution < -0.4 is 9.47 Å². The van der Waals surface area contributed by atoms with Crippen LogP contribution in [0.4, 0.5) is 0 Å². The van der Waals surface area contributed by atoms with Crippen LogP contribution in [0.2, 0.25) is 5.15 Å². The molecule has 0 fully saturated rings. The summed E-state index contributed by atoms with van der Waals surface area (Å²) < 4.78 is 17.8. The van der Waals surface area contributed by atoms with Gasteiger partial charge in [-0.15, -0.1) is 0 Å². The second kappa shape index (κ2) is 9.09. The zero-order valence-electron chi connectivity index (χ0n) is 14.8. The van der Waals surface area contributed by atoms with Crippen LogP contribution in [0.3, 0.4) is 0 Å². The number of benzene rings is 1. The number of fused-ring (bicyclic) bond motifs is 1. The van der Waals surface area contributed by atoms with E-state index in [2.05, 4.69) is 4.98 Å². The van der Waals surface area contributed by atoms with E-state index in [0.717, 1.165) is 5.75 Å². The van der Waals surface area contributed by atoms with Crippen molar-refractivity contribution in [2.45, 2.75) is 6.92 Å². The Morgan fingerprint density at radius 3 is 2.59 bits per heavy atom. The van der Waals surface area contributed by atoms with Crippen LogP contribution in [0.5, 0.6) is 11.5 Å². The highest BCUT2D eigenvalue weighted by atomic mass is 35.5. The van der Waals surface area contributed by atoms with Crippen LogP contribution >= 0.6 is 11.6 Å². The Morgan fingerprint density at radius 2 is 1.85 bits per heavy atom. The molecule has 2 aromatic heterocycles. The molecule has 0 aliphatic carbocycles. The van der Waals surface area contributed by atoms with E-state index in [1.54, 1.807) is 22.6 Å². The number of nitrogens with zero attached hydrogens (tertiary/aromatic N) is 2. The number of hydrogen-bond donors (Lipinski definition) is 0. The summed E-state index contributed by atoms with van der Waals surface area (Å²) in [6.07, 6.45) is 4.72. The maximum atomic E-state index is 11.9. The summed E-state index contributed by atoms with van der Waals surface area (Å²) in [6.45, 7) is 2.93. The standard InChI is InChI=1S/C20H19ClN2O4/c1-2-25-15-6-8-16(9-7-15)26-13-14-27-19(24)11-10-17-20(21)22-18-5-3-4-12-23(17)18/h3-12H,2,13-14H2,1H3/b11-10+. The molecule has 0 saturated heterocycles. The first-order valence-corrected chi connectivity index (χ1v) is 8.88. The van der Waals surface area contributed by atoms with Crippen molar-refractivity contribution >= 4 is 29.3 Å². The van der Waals surface area contributed by atoms with Crippen LogP contribution in [0, 0.1) is 0 Å². The summed E-state index contributed by atoms with van der Waals surface area (Å²) >= 11 is 6.11. The molecule has 0 bridgehead atoms. The minimum absolute atomic E-state index is 0.136. The van der Waals surface area contributed by atoms with Crippen molar-refractivity contribution in [2.24, 2.45) is 0 Å². The Kier molecular flexibility index (Phi) is 6.33. The third-order valence-electron chi connectivity index (χ3n) is 3.63. The van der Waals surface area contributed by atoms with E-state index >= 15 is 0 Å². The first-order chi connectivity index (χ1) is 13.2. The van der Waals surface area contributed by atoms with E-state index in [9.17, 15) is 4.79 Å². The van der Waals surface area contributed by atoms with Crippen LogP contribution in [-0.2, 0) is 9.53 Å². The van der Waals surface area contributed by atoms with Crippen molar-refractivity contribution in [3.05, 3.63) is 65.6 Å². The van der Waals surface area contributed by atoms with Crippen molar-refractivity contribution in [3.8, 4) is 11.5 Å². The minimum Gasteiger partial charge on any atom is -0.494 e. The smallest absolute Gasteiger partial charge is 0.330 e. The van der Waals surface area contributed by atoms with Crippen molar-refractivity contribution in [1.29, 1.82) is 0 Å². The van der Waals surface area contributed by atoms with Gasteiger partial charge in [0.1, 0.15) is 30.4 Å². The number of esters is 1. The van der Waals surface area contributed by atoms with Crippen molar-refractivity contribution in [3.63, 3.8) is 0 Å². The highest BCUT2D eigenvalue weighted by molar-refractivity contribution is 6.31. The quantitative estimate of drug-likeness (QED) is 0.332. The molecule has 0 amide bonds. The van der Waals surface area contributed by atoms with Crippen LogP contribution in [0.15, 0.2) is 54.7 Å². The molecule has 0 atom stereocenters. The third kappa shape index (κ3) is 5.01. The zero-order chi connectivity index (χ0) is 19.1. The SMILES string of the molecule is CCOc1ccc(OCCOC(=O)/C=C/c2c(Cl)nc3ccccn23)cc1. The van der Waals surface area contributed by atoms with Gasteiger partial charge in [-0.3, -0.25) is 4.40 Å². The largest absolute Gasteiger partial charge is 0.494 e. The highest BCUT2D eigenvalue weighted by Gasteiger charge is 2.07. The lowest BCUT2D eigenvalue weighted by molar-refractivity contribution is -0.138. The molecule has 0 aliphatic heterocycles. The number of imidazole rings is 1. The van der Waals surface area contributed by atoms with Gasteiger partial charge in [0.15, 0.2) is 5.15 Å². The number of aromatic nitrogens is 2. The number of rotatable bonds is 8. The van der Waals surface area contributed by atoms with Crippen molar-refractivity contribution < 1.29 is 19.0 Å². The lowest BCUT2D eigenvalue weighted by atomic mass is 10.3. The number of carbonyl (C=O) groups excluding carboxylic acids is 1. The summed E-state index contributed by atoms with van der Waals surface area (Å²) in [7, 11) is 0. The molecule has 3 rings (SSSR count). The van der Waals surface area contributed by atoms with Gasteiger partial charge in [0, 0.05) is 12.3 Å². The number of ether oxygens (including phenoxy) is 3. The van der Waals surface area contributed by atoms with E-state index < -0.39 is 5.97 Å². The monoisotopic (exact) mass is 386 g/mol. The highest BCUT2D eigenvalue weighted by Crippen LogP contribution is 2.19. The summed E-state index contributed by atoms with van der Waals surface area (Å²) in [6, 6.07) is 12.8. The second-order valence-corrected chi connectivity index (χ2v) is 5.83. The fourth-order valence-corrected chi connectivity index (χ4v) is 2.67. The summed E-state index contributed by atoms with van der Waals surface area (Å²) in [5, 5.41) is 0.323. The van der Waals surface area contributed by atoms with Gasteiger partial charge < -0.3 is 14.2 Å². The first kappa shape index (κ1) is 18.8. The lowest BCUT2D eigenvalue weighted by Gasteiger charge is -2.07. The fraction of sp³-hybridized carbons (Fsp3) is 0.200. The molecule has 3 aromatic rings. The third-order valence-corrected chi connectivity index (χ3v) is 3.91. The van der Waals surface area contributed by atoms with Gasteiger partial charge in [0.05, 0.1) is 12.3 Å². The Morgan fingerprint density at radius 1 is 1.11 bits per heavy atom. The van der Waals surface area contributed by atoms with Gasteiger partial charge in [0.25, 0.3) is 0 Å². The Labute approximate surface area is 161 Å². The molecule has 0 radical (unpaired) electrons. The maximum Gasteiger partial charge on any atom is 0.330 e. The number of halogens is 1. The second-order valence-electron chi connectivity index (χ2n) is 5.47. The molecule has 0 saturated carbocycles. The summed E-state index contributed by atoms with van der Waals surface area (Å²) in [4.78, 5) is 16.1. The number of hydrogen-bond acceptors (Lipinski definition) is 5. The van der Waals surface area contributed by atoms with Crippen LogP contribution in [0.25, 0.3) is 11.7 Å². The van der Waals surface area contributed by atoms with E-state index in [1.165, 1.54) is 6.08 Å². The van der Waals surface area contributed by atoms with Gasteiger partial charge in [-0.2, -0.15) is 0 Å². The fourth-order valence-electron chi connectivity index (χ4n) is 2.43. The molecule has 0 spiro atoms. The van der Waals surface area contributed by atoms with Crippen LogP contribution in [0.1, 0.15) is 12.6 Å². The van der Waals surface area contributed by atoms with Crippen LogP contribution in [-0.4, -0.2) is 35.2 Å². The van der Waals surface area contributed by atoms with Gasteiger partial charge in [0.2, 0.25) is 0 Å². The van der Waals surface area contributed by atoms with Gasteiger partial charge in [-0.1, -0.05) is 17.7 Å². The molecule has 2 heterocycles. The van der Waals surface area contributed by atoms with E-state index in [0.29, 0.717) is 28.9 Å². The van der Waals surface area contributed by atoms with Gasteiger partial charge in [-0.05, 0) is 49.4 Å². The zero-order valence-corrected chi connectivity index (χ0v) is 15.6. The number of pyridine rings is 1. The van der Waals surface area contributed by atoms with Gasteiger partial charge in [-0.25, -0.2) is 9.78 Å². The molecular formula is C20H19ClN2O4. The van der Waals surface area contributed by atoms with E-state index in [1.807, 2.05) is 43.5 Å². The Balaban J connectivity index is 1.46. The van der Waals surface area contributed by atoms with E-state index in [-0.39, 0.29) is 13.2 Å². The Bertz CT molecular complexity index is 935. The maximum absolute atomic E-state index is 11.9. The topological polar surface area (TPSA) is 62.1 Å². The van der Waals surface area contributed by atoms with E-state index in [4.69, 9.17) is 25.8 Å². The summed E-state index contributed by atoms with van der Waals surface area (Å²) in [5.41, 5.74) is 1.33. The minimum atomic E-state index is -0.479. The van der Waals surface area contributed by atoms with Crippen molar-refractivity contribution in [2.75, 3.05) is 19.8 Å². The normalized spacial score (nSPS) is 11.0. The molecule has 6 nitrogen and oxygen atoms in total. The summed E-state index contributed by atoms with van der Waals surface area (Å²) in [5.74, 6) is 0.988. The molecule has 27 heavy (non-hydrogen) atoms. The molecule has 0 N–H and O–H groups in total. The first-order valence-electron chi connectivity index (χ1n) is 8.50. The Hall–Kier alpha value is -2.99. The van der Waals surface area contributed by atoms with Crippen molar-refractivity contribution in [1.82, 2.24) is 9.38 Å². The average molecular weight is 387 g/mol.